The molecule has 3 heterocycles. The van der Waals surface area contributed by atoms with Crippen LogP contribution in [0.2, 0.25) is 5.02 Å². The van der Waals surface area contributed by atoms with Gasteiger partial charge in [0.05, 0.1) is 46.2 Å². The first-order chi connectivity index (χ1) is 16.5. The monoisotopic (exact) mass is 572 g/mol. The number of hydrogen-bond acceptors (Lipinski definition) is 7. The highest BCUT2D eigenvalue weighted by molar-refractivity contribution is 8.23. The van der Waals surface area contributed by atoms with Crippen molar-refractivity contribution in [2.24, 2.45) is 0 Å². The van der Waals surface area contributed by atoms with Crippen LogP contribution >= 0.6 is 47.3 Å². The van der Waals surface area contributed by atoms with E-state index in [1.54, 1.807) is 18.2 Å². The molecule has 0 aromatic heterocycles. The highest BCUT2D eigenvalue weighted by Gasteiger charge is 2.56. The highest BCUT2D eigenvalue weighted by atomic mass is 35.5. The number of piperazine rings is 1. The Morgan fingerprint density at radius 1 is 1.31 bits per heavy atom. The van der Waals surface area contributed by atoms with Gasteiger partial charge < -0.3 is 25.3 Å². The van der Waals surface area contributed by atoms with Crippen LogP contribution in [0.1, 0.15) is 18.4 Å². The first-order valence-electron chi connectivity index (χ1n) is 11.2. The number of carbonyl (C=O) groups excluding carboxylic acids is 2. The molecule has 2 fully saturated rings. The number of carboxylic acid groups (broad SMARTS) is 1. The van der Waals surface area contributed by atoms with Crippen molar-refractivity contribution in [1.82, 2.24) is 15.1 Å². The summed E-state index contributed by atoms with van der Waals surface area (Å²) < 4.78 is 1.63. The number of aliphatic carboxylic acids is 1. The number of hydrogen-bond donors (Lipinski definition) is 2. The molecule has 1 aromatic rings. The SMILES string of the molecule is CC(=O)NC1S[C@@H]2C(c3cccc(Cl)c3)C(=O)N2C(C(=O)O)=C1CSC(=S)N1CC[N+](C)(C)CC1.[OH-]. The van der Waals surface area contributed by atoms with Crippen molar-refractivity contribution in [3.63, 3.8) is 0 Å². The molecule has 0 saturated carbocycles. The Morgan fingerprint density at radius 2 is 1.97 bits per heavy atom. The molecule has 3 N–H and O–H groups in total. The number of likely N-dealkylation sites (N-methyl/N-ethyl adjacent to an activating group) is 1. The Balaban J connectivity index is 0.00000361. The molecule has 1 aromatic carbocycles. The quantitative estimate of drug-likeness (QED) is 0.311. The second kappa shape index (κ2) is 11.3. The summed E-state index contributed by atoms with van der Waals surface area (Å²) in [5, 5.41) is 12.5. The van der Waals surface area contributed by atoms with Crippen LogP contribution in [0.25, 0.3) is 0 Å². The molecule has 13 heteroatoms. The maximum atomic E-state index is 13.2. The molecule has 2 saturated heterocycles. The first-order valence-corrected chi connectivity index (χ1v) is 13.9. The van der Waals surface area contributed by atoms with Crippen molar-refractivity contribution in [2.75, 3.05) is 46.0 Å². The molecule has 3 aliphatic rings. The molecule has 0 spiro atoms. The molecule has 0 aliphatic carbocycles. The number of carbonyl (C=O) groups is 3. The van der Waals surface area contributed by atoms with E-state index in [2.05, 4.69) is 24.3 Å². The van der Waals surface area contributed by atoms with E-state index in [1.807, 2.05) is 6.07 Å². The van der Waals surface area contributed by atoms with E-state index in [1.165, 1.54) is 35.3 Å². The maximum absolute atomic E-state index is 13.2. The molecule has 36 heavy (non-hydrogen) atoms. The van der Waals surface area contributed by atoms with E-state index in [-0.39, 0.29) is 28.7 Å². The number of β-lactam (4-membered cyclic amide) rings is 1. The Morgan fingerprint density at radius 3 is 2.56 bits per heavy atom. The summed E-state index contributed by atoms with van der Waals surface area (Å²) in [6.07, 6.45) is 0. The van der Waals surface area contributed by atoms with Gasteiger partial charge in [0.15, 0.2) is 0 Å². The number of halogens is 1. The molecule has 0 radical (unpaired) electrons. The van der Waals surface area contributed by atoms with Crippen LogP contribution in [0.4, 0.5) is 0 Å². The van der Waals surface area contributed by atoms with Crippen molar-refractivity contribution in [2.45, 2.75) is 23.6 Å². The van der Waals surface area contributed by atoms with Crippen LogP contribution in [0.5, 0.6) is 0 Å². The summed E-state index contributed by atoms with van der Waals surface area (Å²) in [4.78, 5) is 41.1. The summed E-state index contributed by atoms with van der Waals surface area (Å²) in [7, 11) is 4.37. The maximum Gasteiger partial charge on any atom is 0.352 e. The summed E-state index contributed by atoms with van der Waals surface area (Å²) >= 11 is 14.5. The van der Waals surface area contributed by atoms with Crippen LogP contribution in [-0.2, 0) is 14.4 Å². The largest absolute Gasteiger partial charge is 0.870 e. The second-order valence-electron chi connectivity index (χ2n) is 9.45. The van der Waals surface area contributed by atoms with Gasteiger partial charge >= 0.3 is 5.97 Å². The Hall–Kier alpha value is -1.83. The summed E-state index contributed by atoms with van der Waals surface area (Å²) in [6.45, 7) is 5.02. The number of nitrogens with one attached hydrogen (secondary N) is 1. The zero-order chi connectivity index (χ0) is 25.5. The van der Waals surface area contributed by atoms with Crippen LogP contribution < -0.4 is 5.32 Å². The number of nitrogens with zero attached hydrogens (tertiary/aromatic N) is 3. The van der Waals surface area contributed by atoms with Crippen molar-refractivity contribution in [3.8, 4) is 0 Å². The third kappa shape index (κ3) is 5.84. The molecule has 2 amide bonds. The van der Waals surface area contributed by atoms with Crippen molar-refractivity contribution in [1.29, 1.82) is 0 Å². The van der Waals surface area contributed by atoms with E-state index < -0.39 is 22.6 Å². The zero-order valence-corrected chi connectivity index (χ0v) is 23.3. The van der Waals surface area contributed by atoms with E-state index >= 15 is 0 Å². The van der Waals surface area contributed by atoms with E-state index in [0.29, 0.717) is 14.9 Å². The lowest BCUT2D eigenvalue weighted by Gasteiger charge is -2.51. The van der Waals surface area contributed by atoms with Gasteiger partial charge in [0.25, 0.3) is 0 Å². The lowest BCUT2D eigenvalue weighted by molar-refractivity contribution is -0.893. The van der Waals surface area contributed by atoms with E-state index in [4.69, 9.17) is 23.8 Å². The Bertz CT molecular complexity index is 1100. The van der Waals surface area contributed by atoms with Gasteiger partial charge in [-0.05, 0) is 17.7 Å². The Kier molecular flexibility index (Phi) is 9.00. The van der Waals surface area contributed by atoms with Crippen molar-refractivity contribution < 1.29 is 29.4 Å². The average molecular weight is 573 g/mol. The number of thiocarbonyl (C=S) groups is 1. The molecular weight excluding hydrogens is 544 g/mol. The van der Waals surface area contributed by atoms with Gasteiger partial charge in [-0.3, -0.25) is 14.5 Å². The van der Waals surface area contributed by atoms with E-state index in [9.17, 15) is 19.5 Å². The standard InChI is InChI=1S/C23H27ClN4O4S3.H2O/c1-13(29)25-19-16(12-34-23(33)26-7-9-28(2,3)10-8-26)18(22(31)32)27-20(30)17(21(27)35-19)14-5-4-6-15(24)11-14;/h4-6,11,17,19,21H,7-10,12H2,1-3H3,(H-,25,29,31,32);1H2/t17?,19?,21-;/m1./s1. The summed E-state index contributed by atoms with van der Waals surface area (Å²) in [5.74, 6) is -2.02. The number of benzene rings is 1. The van der Waals surface area contributed by atoms with Gasteiger partial charge in [0.1, 0.15) is 20.8 Å². The number of amides is 2. The normalized spacial score (nSPS) is 24.9. The number of rotatable bonds is 5. The lowest BCUT2D eigenvalue weighted by atomic mass is 9.88. The first kappa shape index (κ1) is 28.7. The third-order valence-electron chi connectivity index (χ3n) is 6.48. The molecule has 2 unspecified atom stereocenters. The average Bonchev–Trinajstić information content (AvgIpc) is 2.77. The predicted molar refractivity (Wildman–Crippen MR) is 145 cm³/mol. The number of carboxylic acids is 1. The van der Waals surface area contributed by atoms with Crippen molar-refractivity contribution >= 4 is 69.4 Å². The fourth-order valence-corrected chi connectivity index (χ4v) is 7.70. The fourth-order valence-electron chi connectivity index (χ4n) is 4.46. The fraction of sp³-hybridized carbons (Fsp3) is 0.478. The number of fused-ring (bicyclic) bond motifs is 1. The minimum atomic E-state index is -1.19. The molecule has 3 atom stereocenters. The van der Waals surface area contributed by atoms with Gasteiger partial charge in [0, 0.05) is 23.3 Å². The van der Waals surface area contributed by atoms with Gasteiger partial charge in [-0.25, -0.2) is 4.79 Å². The minimum absolute atomic E-state index is 0. The van der Waals surface area contributed by atoms with Crippen LogP contribution in [0, 0.1) is 0 Å². The number of quaternary nitrogens is 1. The smallest absolute Gasteiger partial charge is 0.352 e. The lowest BCUT2D eigenvalue weighted by Crippen LogP contribution is -2.62. The Labute approximate surface area is 229 Å². The van der Waals surface area contributed by atoms with Gasteiger partial charge in [0.2, 0.25) is 11.8 Å². The molecule has 4 rings (SSSR count). The highest BCUT2D eigenvalue weighted by Crippen LogP contribution is 2.51. The van der Waals surface area contributed by atoms with Crippen LogP contribution in [0.15, 0.2) is 35.5 Å². The zero-order valence-electron chi connectivity index (χ0n) is 20.1. The summed E-state index contributed by atoms with van der Waals surface area (Å²) in [5.41, 5.74) is 1.14. The van der Waals surface area contributed by atoms with Gasteiger partial charge in [-0.15, -0.1) is 11.8 Å². The molecule has 196 valence electrons. The minimum Gasteiger partial charge on any atom is -0.870 e. The number of thioether (sulfide) groups is 2. The molecule has 9 nitrogen and oxygen atoms in total. The van der Waals surface area contributed by atoms with Gasteiger partial charge in [-0.2, -0.15) is 0 Å². The van der Waals surface area contributed by atoms with Crippen LogP contribution in [-0.4, -0.2) is 104 Å². The molecule has 0 bridgehead atoms. The third-order valence-corrected chi connectivity index (χ3v) is 9.73. The topological polar surface area (TPSA) is 120 Å². The van der Waals surface area contributed by atoms with Crippen molar-refractivity contribution in [3.05, 3.63) is 46.1 Å². The molecular formula is C23H29ClN4O5S3. The second-order valence-corrected chi connectivity index (χ2v) is 12.7. The van der Waals surface area contributed by atoms with Crippen LogP contribution in [0.3, 0.4) is 0 Å². The molecule has 3 aliphatic heterocycles. The summed E-state index contributed by atoms with van der Waals surface area (Å²) in [6, 6.07) is 7.03. The predicted octanol–water partition coefficient (Wildman–Crippen LogP) is 2.37. The van der Waals surface area contributed by atoms with E-state index in [0.717, 1.165) is 36.2 Å². The van der Waals surface area contributed by atoms with Gasteiger partial charge in [-0.1, -0.05) is 47.7 Å².